The van der Waals surface area contributed by atoms with Gasteiger partial charge in [-0.15, -0.1) is 0 Å². The van der Waals surface area contributed by atoms with Crippen LogP contribution in [-0.2, 0) is 19.1 Å². The van der Waals surface area contributed by atoms with Crippen molar-refractivity contribution in [3.05, 3.63) is 11.6 Å². The maximum absolute atomic E-state index is 11.8. The second-order valence-corrected chi connectivity index (χ2v) is 6.18. The number of ether oxygens (including phenoxy) is 2. The third-order valence-electron chi connectivity index (χ3n) is 4.89. The van der Waals surface area contributed by atoms with Crippen molar-refractivity contribution in [3.63, 3.8) is 0 Å². The topological polar surface area (TPSA) is 55.9 Å². The number of hydrogen-bond donors (Lipinski definition) is 0. The summed E-state index contributed by atoms with van der Waals surface area (Å²) in [5.41, 5.74) is 0.655. The smallest absolute Gasteiger partial charge is 0.309 e. The van der Waals surface area contributed by atoms with Crippen LogP contribution >= 0.6 is 0 Å². The van der Waals surface area contributed by atoms with E-state index in [0.29, 0.717) is 0 Å². The molecule has 2 fully saturated rings. The molecule has 2 aliphatic heterocycles. The Balaban J connectivity index is 1.85. The Morgan fingerprint density at radius 1 is 1.47 bits per heavy atom. The monoisotopic (exact) mass is 264 g/mol. The SMILES string of the molecule is C[C@@H]1C(=O)O[C@H]2[C@H]1CC/C(C=O)=C\CC[C@@]1(C)O[C@@H]21. The predicted octanol–water partition coefficient (Wildman–Crippen LogP) is 2.02. The predicted molar refractivity (Wildman–Crippen MR) is 68.4 cm³/mol. The number of carbonyl (C=O) groups excluding carboxylic acids is 2. The van der Waals surface area contributed by atoms with Crippen molar-refractivity contribution in [2.45, 2.75) is 57.3 Å². The lowest BCUT2D eigenvalue weighted by Gasteiger charge is -2.20. The zero-order chi connectivity index (χ0) is 13.6. The van der Waals surface area contributed by atoms with Gasteiger partial charge in [0.1, 0.15) is 18.5 Å². The lowest BCUT2D eigenvalue weighted by Crippen LogP contribution is -2.30. The maximum Gasteiger partial charge on any atom is 0.309 e. The first-order valence-electron chi connectivity index (χ1n) is 7.08. The molecule has 5 atom stereocenters. The molecule has 3 aliphatic rings. The van der Waals surface area contributed by atoms with Crippen LogP contribution in [0.4, 0.5) is 0 Å². The molecule has 0 aromatic carbocycles. The molecule has 104 valence electrons. The van der Waals surface area contributed by atoms with E-state index in [-0.39, 0.29) is 35.6 Å². The molecular formula is C15H20O4. The van der Waals surface area contributed by atoms with Crippen LogP contribution in [0.15, 0.2) is 11.6 Å². The standard InChI is InChI=1S/C15H20O4/c1-9-11-6-5-10(8-16)4-3-7-15(2)13(19-15)12(11)18-14(9)17/h4,8-9,11-13H,3,5-7H2,1-2H3/b10-4+/t9-,11-,12-,13-,15+/m0/s1. The first-order valence-corrected chi connectivity index (χ1v) is 7.08. The molecule has 0 amide bonds. The molecule has 0 saturated carbocycles. The average molecular weight is 264 g/mol. The number of epoxide rings is 1. The molecule has 0 aromatic heterocycles. The fourth-order valence-corrected chi connectivity index (χ4v) is 3.45. The second-order valence-electron chi connectivity index (χ2n) is 6.18. The quantitative estimate of drug-likeness (QED) is 0.413. The van der Waals surface area contributed by atoms with E-state index in [1.54, 1.807) is 0 Å². The number of aldehydes is 1. The van der Waals surface area contributed by atoms with Crippen molar-refractivity contribution in [1.29, 1.82) is 0 Å². The number of rotatable bonds is 1. The fourth-order valence-electron chi connectivity index (χ4n) is 3.45. The normalized spacial score (nSPS) is 48.3. The van der Waals surface area contributed by atoms with E-state index in [0.717, 1.165) is 37.5 Å². The van der Waals surface area contributed by atoms with Crippen LogP contribution in [0.3, 0.4) is 0 Å². The summed E-state index contributed by atoms with van der Waals surface area (Å²) < 4.78 is 11.3. The minimum absolute atomic E-state index is 0.0394. The van der Waals surface area contributed by atoms with Crippen LogP contribution in [0.2, 0.25) is 0 Å². The lowest BCUT2D eigenvalue weighted by atomic mass is 9.81. The fraction of sp³-hybridized carbons (Fsp3) is 0.733. The summed E-state index contributed by atoms with van der Waals surface area (Å²) in [5, 5.41) is 0. The number of carbonyl (C=O) groups is 2. The van der Waals surface area contributed by atoms with Gasteiger partial charge in [0.25, 0.3) is 0 Å². The van der Waals surface area contributed by atoms with Crippen LogP contribution in [0.25, 0.3) is 0 Å². The molecule has 4 heteroatoms. The van der Waals surface area contributed by atoms with Gasteiger partial charge in [0.2, 0.25) is 0 Å². The van der Waals surface area contributed by atoms with E-state index in [2.05, 4.69) is 6.92 Å². The van der Waals surface area contributed by atoms with Crippen LogP contribution in [0.5, 0.6) is 0 Å². The Morgan fingerprint density at radius 2 is 2.26 bits per heavy atom. The van der Waals surface area contributed by atoms with Crippen LogP contribution in [0.1, 0.15) is 39.5 Å². The number of fused-ring (bicyclic) bond motifs is 3. The van der Waals surface area contributed by atoms with Crippen molar-refractivity contribution in [1.82, 2.24) is 0 Å². The number of allylic oxidation sites excluding steroid dienone is 2. The van der Waals surface area contributed by atoms with Gasteiger partial charge < -0.3 is 9.47 Å². The molecule has 19 heavy (non-hydrogen) atoms. The Morgan fingerprint density at radius 3 is 3.00 bits per heavy atom. The molecule has 0 aromatic rings. The van der Waals surface area contributed by atoms with Gasteiger partial charge in [-0.2, -0.15) is 0 Å². The Bertz CT molecular complexity index is 441. The Kier molecular flexibility index (Phi) is 3.01. The Labute approximate surface area is 113 Å². The molecule has 4 nitrogen and oxygen atoms in total. The number of hydrogen-bond acceptors (Lipinski definition) is 4. The average Bonchev–Trinajstić information content (AvgIpc) is 2.97. The first-order chi connectivity index (χ1) is 9.05. The van der Waals surface area contributed by atoms with Gasteiger partial charge in [-0.25, -0.2) is 0 Å². The molecular weight excluding hydrogens is 244 g/mol. The van der Waals surface area contributed by atoms with Gasteiger partial charge in [-0.3, -0.25) is 9.59 Å². The lowest BCUT2D eigenvalue weighted by molar-refractivity contribution is -0.144. The summed E-state index contributed by atoms with van der Waals surface area (Å²) in [6.45, 7) is 3.99. The largest absolute Gasteiger partial charge is 0.459 e. The van der Waals surface area contributed by atoms with Crippen LogP contribution in [0, 0.1) is 11.8 Å². The third-order valence-corrected chi connectivity index (χ3v) is 4.89. The van der Waals surface area contributed by atoms with Crippen molar-refractivity contribution < 1.29 is 19.1 Å². The molecule has 3 rings (SSSR count). The summed E-state index contributed by atoms with van der Waals surface area (Å²) in [7, 11) is 0. The highest BCUT2D eigenvalue weighted by atomic mass is 16.6. The molecule has 1 aliphatic carbocycles. The van der Waals surface area contributed by atoms with E-state index in [1.165, 1.54) is 0 Å². The van der Waals surface area contributed by atoms with E-state index in [4.69, 9.17) is 9.47 Å². The summed E-state index contributed by atoms with van der Waals surface area (Å²) in [6, 6.07) is 0. The van der Waals surface area contributed by atoms with E-state index >= 15 is 0 Å². The van der Waals surface area contributed by atoms with Crippen molar-refractivity contribution in [2.24, 2.45) is 11.8 Å². The van der Waals surface area contributed by atoms with Gasteiger partial charge in [-0.05, 0) is 38.2 Å². The van der Waals surface area contributed by atoms with E-state index in [1.807, 2.05) is 13.0 Å². The van der Waals surface area contributed by atoms with Gasteiger partial charge in [0.15, 0.2) is 0 Å². The van der Waals surface area contributed by atoms with E-state index in [9.17, 15) is 9.59 Å². The molecule has 0 radical (unpaired) electrons. The number of esters is 1. The minimum atomic E-state index is -0.185. The molecule has 2 heterocycles. The molecule has 0 unspecified atom stereocenters. The minimum Gasteiger partial charge on any atom is -0.459 e. The van der Waals surface area contributed by atoms with Crippen LogP contribution in [-0.4, -0.2) is 30.1 Å². The highest BCUT2D eigenvalue weighted by Crippen LogP contribution is 2.49. The van der Waals surface area contributed by atoms with Gasteiger partial charge in [-0.1, -0.05) is 13.0 Å². The van der Waals surface area contributed by atoms with Gasteiger partial charge in [0.05, 0.1) is 11.5 Å². The summed E-state index contributed by atoms with van der Waals surface area (Å²) in [4.78, 5) is 22.8. The maximum atomic E-state index is 11.8. The highest BCUT2D eigenvalue weighted by molar-refractivity contribution is 5.75. The van der Waals surface area contributed by atoms with Crippen LogP contribution < -0.4 is 0 Å². The zero-order valence-electron chi connectivity index (χ0n) is 11.4. The highest BCUT2D eigenvalue weighted by Gasteiger charge is 2.62. The van der Waals surface area contributed by atoms with Crippen molar-refractivity contribution >= 4 is 12.3 Å². The van der Waals surface area contributed by atoms with Gasteiger partial charge in [0, 0.05) is 5.92 Å². The summed E-state index contributed by atoms with van der Waals surface area (Å²) in [6.07, 6.45) is 6.14. The molecule has 0 bridgehead atoms. The molecule has 0 N–H and O–H groups in total. The first kappa shape index (κ1) is 12.9. The van der Waals surface area contributed by atoms with Gasteiger partial charge >= 0.3 is 5.97 Å². The van der Waals surface area contributed by atoms with Crippen molar-refractivity contribution in [3.8, 4) is 0 Å². The second kappa shape index (κ2) is 4.44. The zero-order valence-corrected chi connectivity index (χ0v) is 11.4. The Hall–Kier alpha value is -1.16. The van der Waals surface area contributed by atoms with E-state index < -0.39 is 0 Å². The summed E-state index contributed by atoms with van der Waals surface area (Å²) >= 11 is 0. The van der Waals surface area contributed by atoms with Crippen molar-refractivity contribution in [2.75, 3.05) is 0 Å². The molecule has 0 spiro atoms. The third kappa shape index (κ3) is 2.12. The molecule has 2 saturated heterocycles. The summed E-state index contributed by atoms with van der Waals surface area (Å²) in [5.74, 6) is -0.0460.